The molecule has 0 atom stereocenters. The average Bonchev–Trinajstić information content (AvgIpc) is 2.93. The van der Waals surface area contributed by atoms with Crippen LogP contribution in [0.5, 0.6) is 0 Å². The minimum atomic E-state index is -0.371. The van der Waals surface area contributed by atoms with Crippen molar-refractivity contribution in [1.29, 1.82) is 0 Å². The van der Waals surface area contributed by atoms with Crippen LogP contribution in [0.15, 0.2) is 54.7 Å². The van der Waals surface area contributed by atoms with Crippen molar-refractivity contribution in [1.82, 2.24) is 9.55 Å². The molecule has 0 saturated carbocycles. The predicted octanol–water partition coefficient (Wildman–Crippen LogP) is 4.23. The van der Waals surface area contributed by atoms with E-state index in [1.54, 1.807) is 23.6 Å². The number of nitrogens with zero attached hydrogens (tertiary/aromatic N) is 1. The first kappa shape index (κ1) is 15.2. The highest BCUT2D eigenvalue weighted by Crippen LogP contribution is 2.17. The van der Waals surface area contributed by atoms with Crippen LogP contribution in [0.1, 0.15) is 16.1 Å². The van der Waals surface area contributed by atoms with E-state index in [1.165, 1.54) is 12.3 Å². The lowest BCUT2D eigenvalue weighted by Gasteiger charge is -2.09. The van der Waals surface area contributed by atoms with E-state index in [9.17, 15) is 9.18 Å². The van der Waals surface area contributed by atoms with Crippen molar-refractivity contribution in [3.8, 4) is 5.69 Å². The first-order valence-electron chi connectivity index (χ1n) is 6.99. The smallest absolute Gasteiger partial charge is 0.274 e. The van der Waals surface area contributed by atoms with Crippen LogP contribution in [0.2, 0.25) is 0 Å². The molecule has 3 aromatic rings. The monoisotopic (exact) mass is 327 g/mol. The van der Waals surface area contributed by atoms with E-state index < -0.39 is 0 Å². The minimum absolute atomic E-state index is 0.349. The highest BCUT2D eigenvalue weighted by Gasteiger charge is 2.15. The Morgan fingerprint density at radius 2 is 1.96 bits per heavy atom. The van der Waals surface area contributed by atoms with Gasteiger partial charge in [0.25, 0.3) is 5.91 Å². The summed E-state index contributed by atoms with van der Waals surface area (Å²) in [7, 11) is 0. The SMILES string of the molecule is Cc1ccc(NC(=O)c2c[nH]c(=S)n2-c2ccccc2)cc1F. The quantitative estimate of drug-likeness (QED) is 0.707. The van der Waals surface area contributed by atoms with Crippen molar-refractivity contribution in [2.24, 2.45) is 0 Å². The highest BCUT2D eigenvalue weighted by atomic mass is 32.1. The van der Waals surface area contributed by atoms with Crippen LogP contribution in [0.4, 0.5) is 10.1 Å². The van der Waals surface area contributed by atoms with Gasteiger partial charge in [0.15, 0.2) is 4.77 Å². The van der Waals surface area contributed by atoms with Crippen molar-refractivity contribution in [2.75, 3.05) is 5.32 Å². The molecule has 1 heterocycles. The van der Waals surface area contributed by atoms with Crippen molar-refractivity contribution >= 4 is 23.8 Å². The molecule has 0 unspecified atom stereocenters. The number of anilines is 1. The number of nitrogens with one attached hydrogen (secondary N) is 2. The van der Waals surface area contributed by atoms with Crippen molar-refractivity contribution in [3.63, 3.8) is 0 Å². The van der Waals surface area contributed by atoms with Crippen molar-refractivity contribution in [2.45, 2.75) is 6.92 Å². The zero-order chi connectivity index (χ0) is 16.4. The molecule has 3 rings (SSSR count). The van der Waals surface area contributed by atoms with E-state index in [4.69, 9.17) is 12.2 Å². The lowest BCUT2D eigenvalue weighted by Crippen LogP contribution is -2.16. The maximum absolute atomic E-state index is 13.6. The summed E-state index contributed by atoms with van der Waals surface area (Å²) < 4.78 is 15.6. The number of hydrogen-bond donors (Lipinski definition) is 2. The van der Waals surface area contributed by atoms with Crippen LogP contribution in [-0.2, 0) is 0 Å². The lowest BCUT2D eigenvalue weighted by atomic mass is 10.2. The zero-order valence-corrected chi connectivity index (χ0v) is 13.2. The van der Waals surface area contributed by atoms with E-state index in [0.29, 0.717) is 21.7 Å². The predicted molar refractivity (Wildman–Crippen MR) is 90.0 cm³/mol. The summed E-state index contributed by atoms with van der Waals surface area (Å²) in [5.41, 5.74) is 2.04. The number of amides is 1. The van der Waals surface area contributed by atoms with E-state index in [-0.39, 0.29) is 11.7 Å². The van der Waals surface area contributed by atoms with E-state index in [2.05, 4.69) is 10.3 Å². The molecule has 1 aromatic heterocycles. The highest BCUT2D eigenvalue weighted by molar-refractivity contribution is 7.71. The second kappa shape index (κ2) is 6.18. The average molecular weight is 327 g/mol. The first-order chi connectivity index (χ1) is 11.1. The number of carbonyl (C=O) groups is 1. The Morgan fingerprint density at radius 3 is 2.65 bits per heavy atom. The molecule has 0 saturated heterocycles. The molecule has 116 valence electrons. The topological polar surface area (TPSA) is 49.8 Å². The van der Waals surface area contributed by atoms with Gasteiger partial charge in [0.05, 0.1) is 0 Å². The third-order valence-corrected chi connectivity index (χ3v) is 3.75. The third kappa shape index (κ3) is 3.07. The molecule has 1 amide bonds. The first-order valence-corrected chi connectivity index (χ1v) is 7.40. The molecule has 0 aliphatic rings. The summed E-state index contributed by atoms with van der Waals surface area (Å²) in [6.07, 6.45) is 1.54. The maximum Gasteiger partial charge on any atom is 0.274 e. The van der Waals surface area contributed by atoms with Crippen LogP contribution in [-0.4, -0.2) is 15.5 Å². The minimum Gasteiger partial charge on any atom is -0.336 e. The number of para-hydroxylation sites is 1. The van der Waals surface area contributed by atoms with Gasteiger partial charge in [-0.1, -0.05) is 24.3 Å². The number of imidazole rings is 1. The number of halogens is 1. The molecule has 0 aliphatic carbocycles. The molecular weight excluding hydrogens is 313 g/mol. The van der Waals surface area contributed by atoms with Crippen molar-refractivity contribution in [3.05, 3.63) is 76.6 Å². The summed E-state index contributed by atoms with van der Waals surface area (Å²) in [5, 5.41) is 2.68. The van der Waals surface area contributed by atoms with Gasteiger partial charge in [0, 0.05) is 17.6 Å². The normalized spacial score (nSPS) is 10.5. The molecule has 4 nitrogen and oxygen atoms in total. The molecule has 23 heavy (non-hydrogen) atoms. The fraction of sp³-hybridized carbons (Fsp3) is 0.0588. The van der Waals surface area contributed by atoms with Gasteiger partial charge in [-0.25, -0.2) is 4.39 Å². The molecule has 0 spiro atoms. The Balaban J connectivity index is 1.95. The van der Waals surface area contributed by atoms with Crippen LogP contribution < -0.4 is 5.32 Å². The van der Waals surface area contributed by atoms with Crippen LogP contribution in [0.25, 0.3) is 5.69 Å². The molecule has 0 fully saturated rings. The van der Waals surface area contributed by atoms with Gasteiger partial charge in [-0.2, -0.15) is 0 Å². The Morgan fingerprint density at radius 1 is 1.22 bits per heavy atom. The summed E-state index contributed by atoms with van der Waals surface area (Å²) >= 11 is 5.24. The Bertz CT molecular complexity index is 915. The maximum atomic E-state index is 13.6. The fourth-order valence-corrected chi connectivity index (χ4v) is 2.50. The van der Waals surface area contributed by atoms with Gasteiger partial charge < -0.3 is 10.3 Å². The standard InChI is InChI=1S/C17H14FN3OS/c1-11-7-8-12(9-14(11)18)20-16(22)15-10-19-17(23)21(15)13-5-3-2-4-6-13/h2-10H,1H3,(H,19,23)(H,20,22). The summed E-state index contributed by atoms with van der Waals surface area (Å²) in [5.74, 6) is -0.735. The number of carbonyl (C=O) groups excluding carboxylic acids is 1. The molecule has 0 bridgehead atoms. The molecular formula is C17H14FN3OS. The number of aryl methyl sites for hydroxylation is 1. The Labute approximate surface area is 137 Å². The number of H-pyrrole nitrogens is 1. The summed E-state index contributed by atoms with van der Waals surface area (Å²) in [4.78, 5) is 15.4. The number of hydrogen-bond acceptors (Lipinski definition) is 2. The van der Waals surface area contributed by atoms with E-state index in [0.717, 1.165) is 5.69 Å². The zero-order valence-electron chi connectivity index (χ0n) is 12.3. The van der Waals surface area contributed by atoms with E-state index >= 15 is 0 Å². The van der Waals surface area contributed by atoms with Crippen LogP contribution in [0, 0.1) is 17.5 Å². The molecule has 0 aliphatic heterocycles. The lowest BCUT2D eigenvalue weighted by molar-refractivity contribution is 0.102. The van der Waals surface area contributed by atoms with Gasteiger partial charge in [-0.05, 0) is 49.0 Å². The largest absolute Gasteiger partial charge is 0.336 e. The van der Waals surface area contributed by atoms with Crippen LogP contribution >= 0.6 is 12.2 Å². The summed E-state index contributed by atoms with van der Waals surface area (Å²) in [6, 6.07) is 13.9. The van der Waals surface area contributed by atoms with Gasteiger partial charge in [0.2, 0.25) is 0 Å². The van der Waals surface area contributed by atoms with Gasteiger partial charge in [-0.15, -0.1) is 0 Å². The van der Waals surface area contributed by atoms with Gasteiger partial charge in [0.1, 0.15) is 11.5 Å². The summed E-state index contributed by atoms with van der Waals surface area (Å²) in [6.45, 7) is 1.67. The van der Waals surface area contributed by atoms with Gasteiger partial charge in [-0.3, -0.25) is 9.36 Å². The van der Waals surface area contributed by atoms with E-state index in [1.807, 2.05) is 30.3 Å². The fourth-order valence-electron chi connectivity index (χ4n) is 2.23. The molecule has 0 radical (unpaired) electrons. The number of rotatable bonds is 3. The number of aromatic nitrogens is 2. The molecule has 2 N–H and O–H groups in total. The number of benzene rings is 2. The second-order valence-electron chi connectivity index (χ2n) is 5.07. The molecule has 6 heteroatoms. The molecule has 2 aromatic carbocycles. The number of aromatic amines is 1. The Hall–Kier alpha value is -2.73. The van der Waals surface area contributed by atoms with Gasteiger partial charge >= 0.3 is 0 Å². The van der Waals surface area contributed by atoms with Crippen molar-refractivity contribution < 1.29 is 9.18 Å². The van der Waals surface area contributed by atoms with Crippen LogP contribution in [0.3, 0.4) is 0 Å². The Kier molecular flexibility index (Phi) is 4.08. The third-order valence-electron chi connectivity index (χ3n) is 3.45. The second-order valence-corrected chi connectivity index (χ2v) is 5.45.